The minimum absolute atomic E-state index is 0.258. The maximum Gasteiger partial charge on any atom is 0.294 e. The topological polar surface area (TPSA) is 75.7 Å². The zero-order valence-electron chi connectivity index (χ0n) is 21.4. The third-order valence-electron chi connectivity index (χ3n) is 6.67. The lowest BCUT2D eigenvalue weighted by atomic mass is 10.1. The zero-order chi connectivity index (χ0) is 27.5. The van der Waals surface area contributed by atoms with Crippen LogP contribution in [0.2, 0.25) is 0 Å². The van der Waals surface area contributed by atoms with Gasteiger partial charge in [0.2, 0.25) is 5.91 Å². The van der Waals surface area contributed by atoms with Crippen LogP contribution >= 0.6 is 11.8 Å². The first-order chi connectivity index (χ1) is 19.5. The number of nitrogens with one attached hydrogen (secondary N) is 1. The van der Waals surface area contributed by atoms with Crippen molar-refractivity contribution in [2.75, 3.05) is 11.9 Å². The predicted molar refractivity (Wildman–Crippen MR) is 160 cm³/mol. The van der Waals surface area contributed by atoms with Crippen molar-refractivity contribution < 1.29 is 19.1 Å². The molecule has 6 rings (SSSR count). The number of anilines is 1. The van der Waals surface area contributed by atoms with Crippen LogP contribution in [0, 0.1) is 0 Å². The average Bonchev–Trinajstić information content (AvgIpc) is 3.23. The number of hydrogen-bond acceptors (Lipinski definition) is 5. The van der Waals surface area contributed by atoms with Crippen LogP contribution in [0.25, 0.3) is 27.6 Å². The number of benzene rings is 5. The highest BCUT2D eigenvalue weighted by atomic mass is 32.2. The summed E-state index contributed by atoms with van der Waals surface area (Å²) in [6.07, 6.45) is 1.65. The SMILES string of the molecule is O=C(CN1C(=O)S/C(=C/c2cccc(OCc3cccc4ccccc34)c2)C1=O)Nc1cccc2ccccc12. The van der Waals surface area contributed by atoms with Crippen molar-refractivity contribution in [2.24, 2.45) is 0 Å². The Hall–Kier alpha value is -4.88. The van der Waals surface area contributed by atoms with Crippen molar-refractivity contribution in [2.45, 2.75) is 6.61 Å². The standard InChI is InChI=1S/C33H24N2O4S/c36-31(34-29-17-7-12-24-10-2-4-16-28(24)29)20-35-32(37)30(40-33(35)38)19-22-8-5-14-26(18-22)39-21-25-13-6-11-23-9-1-3-15-27(23)25/h1-19H,20-21H2,(H,34,36)/b30-19+. The second kappa shape index (κ2) is 11.1. The van der Waals surface area contributed by atoms with Crippen LogP contribution < -0.4 is 10.1 Å². The molecular weight excluding hydrogens is 520 g/mol. The maximum atomic E-state index is 13.0. The number of carbonyl (C=O) groups is 3. The molecule has 0 radical (unpaired) electrons. The summed E-state index contributed by atoms with van der Waals surface area (Å²) in [5.74, 6) is -0.288. The van der Waals surface area contributed by atoms with Gasteiger partial charge in [0.25, 0.3) is 11.1 Å². The van der Waals surface area contributed by atoms with Crippen LogP contribution in [0.4, 0.5) is 10.5 Å². The van der Waals surface area contributed by atoms with Gasteiger partial charge < -0.3 is 10.1 Å². The molecule has 0 bridgehead atoms. The van der Waals surface area contributed by atoms with Gasteiger partial charge in [-0.15, -0.1) is 0 Å². The quantitative estimate of drug-likeness (QED) is 0.219. The molecule has 6 nitrogen and oxygen atoms in total. The normalized spacial score (nSPS) is 14.3. The molecule has 1 saturated heterocycles. The average molecular weight is 545 g/mol. The van der Waals surface area contributed by atoms with Crippen LogP contribution in [0.5, 0.6) is 5.75 Å². The molecule has 1 N–H and O–H groups in total. The number of fused-ring (bicyclic) bond motifs is 2. The van der Waals surface area contributed by atoms with Crippen molar-refractivity contribution in [3.63, 3.8) is 0 Å². The van der Waals surface area contributed by atoms with Crippen molar-refractivity contribution in [3.05, 3.63) is 125 Å². The van der Waals surface area contributed by atoms with Crippen LogP contribution in [0.15, 0.2) is 114 Å². The summed E-state index contributed by atoms with van der Waals surface area (Å²) in [5.41, 5.74) is 2.43. The highest BCUT2D eigenvalue weighted by molar-refractivity contribution is 8.18. The van der Waals surface area contributed by atoms with Crippen LogP contribution in [-0.2, 0) is 16.2 Å². The molecule has 3 amide bonds. The summed E-state index contributed by atoms with van der Waals surface area (Å²) >= 11 is 0.823. The summed E-state index contributed by atoms with van der Waals surface area (Å²) in [5, 5.41) is 6.51. The molecule has 0 aliphatic carbocycles. The van der Waals surface area contributed by atoms with E-state index in [-0.39, 0.29) is 11.4 Å². The Balaban J connectivity index is 1.13. The van der Waals surface area contributed by atoms with E-state index in [4.69, 9.17) is 4.74 Å². The summed E-state index contributed by atoms with van der Waals surface area (Å²) in [4.78, 5) is 39.7. The van der Waals surface area contributed by atoms with E-state index in [9.17, 15) is 14.4 Å². The molecule has 1 aliphatic rings. The molecule has 0 aromatic heterocycles. The van der Waals surface area contributed by atoms with Crippen molar-refractivity contribution in [3.8, 4) is 5.75 Å². The Bertz CT molecular complexity index is 1800. The van der Waals surface area contributed by atoms with Crippen molar-refractivity contribution in [1.29, 1.82) is 0 Å². The van der Waals surface area contributed by atoms with E-state index >= 15 is 0 Å². The van der Waals surface area contributed by atoms with Gasteiger partial charge in [-0.05, 0) is 63.3 Å². The van der Waals surface area contributed by atoms with Gasteiger partial charge in [-0.3, -0.25) is 19.3 Å². The lowest BCUT2D eigenvalue weighted by Gasteiger charge is -2.13. The molecule has 5 aromatic carbocycles. The molecular formula is C33H24N2O4S. The first-order valence-electron chi connectivity index (χ1n) is 12.8. The number of amides is 3. The third kappa shape index (κ3) is 5.32. The van der Waals surface area contributed by atoms with Gasteiger partial charge in [0, 0.05) is 11.1 Å². The molecule has 1 heterocycles. The van der Waals surface area contributed by atoms with Gasteiger partial charge in [-0.2, -0.15) is 0 Å². The van der Waals surface area contributed by atoms with Gasteiger partial charge in [0.15, 0.2) is 0 Å². The molecule has 196 valence electrons. The van der Waals surface area contributed by atoms with Crippen LogP contribution in [0.1, 0.15) is 11.1 Å². The monoisotopic (exact) mass is 544 g/mol. The smallest absolute Gasteiger partial charge is 0.294 e. The van der Waals surface area contributed by atoms with Crippen LogP contribution in [0.3, 0.4) is 0 Å². The minimum atomic E-state index is -0.495. The van der Waals surface area contributed by atoms with Gasteiger partial charge in [0.1, 0.15) is 18.9 Å². The summed E-state index contributed by atoms with van der Waals surface area (Å²) in [6, 6.07) is 34.9. The molecule has 7 heteroatoms. The lowest BCUT2D eigenvalue weighted by Crippen LogP contribution is -2.36. The number of nitrogens with zero attached hydrogens (tertiary/aromatic N) is 1. The van der Waals surface area contributed by atoms with Crippen LogP contribution in [-0.4, -0.2) is 28.5 Å². The van der Waals surface area contributed by atoms with Crippen molar-refractivity contribution >= 4 is 62.1 Å². The molecule has 40 heavy (non-hydrogen) atoms. The first kappa shape index (κ1) is 25.4. The van der Waals surface area contributed by atoms with E-state index in [1.165, 1.54) is 0 Å². The second-order valence-electron chi connectivity index (χ2n) is 9.34. The van der Waals surface area contributed by atoms with Crippen molar-refractivity contribution in [1.82, 2.24) is 4.90 Å². The van der Waals surface area contributed by atoms with Gasteiger partial charge in [-0.25, -0.2) is 0 Å². The van der Waals surface area contributed by atoms with Gasteiger partial charge >= 0.3 is 0 Å². The molecule has 0 unspecified atom stereocenters. The number of imide groups is 1. The molecule has 1 fully saturated rings. The Morgan fingerprint density at radius 3 is 2.30 bits per heavy atom. The van der Waals surface area contributed by atoms with E-state index < -0.39 is 17.1 Å². The molecule has 0 spiro atoms. The molecule has 0 saturated carbocycles. The number of thioether (sulfide) groups is 1. The zero-order valence-corrected chi connectivity index (χ0v) is 22.2. The third-order valence-corrected chi connectivity index (χ3v) is 7.58. The highest BCUT2D eigenvalue weighted by Gasteiger charge is 2.36. The van der Waals surface area contributed by atoms with E-state index in [1.54, 1.807) is 12.1 Å². The van der Waals surface area contributed by atoms with Gasteiger partial charge in [-0.1, -0.05) is 91.0 Å². The lowest BCUT2D eigenvalue weighted by molar-refractivity contribution is -0.127. The number of rotatable bonds is 7. The fraction of sp³-hybridized carbons (Fsp3) is 0.0606. The number of carbonyl (C=O) groups excluding carboxylic acids is 3. The molecule has 5 aromatic rings. The Morgan fingerprint density at radius 2 is 1.48 bits per heavy atom. The second-order valence-corrected chi connectivity index (χ2v) is 10.3. The Labute approximate surface area is 235 Å². The molecule has 1 aliphatic heterocycles. The largest absolute Gasteiger partial charge is 0.489 e. The number of ether oxygens (including phenoxy) is 1. The van der Waals surface area contributed by atoms with E-state index in [1.807, 2.05) is 84.9 Å². The van der Waals surface area contributed by atoms with E-state index in [0.717, 1.165) is 49.3 Å². The molecule has 0 atom stereocenters. The van der Waals surface area contributed by atoms with E-state index in [2.05, 4.69) is 23.5 Å². The predicted octanol–water partition coefficient (Wildman–Crippen LogP) is 7.25. The summed E-state index contributed by atoms with van der Waals surface area (Å²) in [7, 11) is 0. The van der Waals surface area contributed by atoms with Gasteiger partial charge in [0.05, 0.1) is 4.91 Å². The Morgan fingerprint density at radius 1 is 0.800 bits per heavy atom. The Kier molecular flexibility index (Phi) is 7.04. The maximum absolute atomic E-state index is 13.0. The minimum Gasteiger partial charge on any atom is -0.489 e. The summed E-state index contributed by atoms with van der Waals surface area (Å²) in [6.45, 7) is 0.0343. The fourth-order valence-corrected chi connectivity index (χ4v) is 5.57. The first-order valence-corrected chi connectivity index (χ1v) is 13.6. The fourth-order valence-electron chi connectivity index (χ4n) is 4.73. The summed E-state index contributed by atoms with van der Waals surface area (Å²) < 4.78 is 6.06. The highest BCUT2D eigenvalue weighted by Crippen LogP contribution is 2.33. The van der Waals surface area contributed by atoms with E-state index in [0.29, 0.717) is 18.0 Å². The number of hydrogen-bond donors (Lipinski definition) is 1.